The van der Waals surface area contributed by atoms with Crippen LogP contribution < -0.4 is 0 Å². The number of hydrogen-bond donors (Lipinski definition) is 0. The minimum absolute atomic E-state index is 0.0715. The molecule has 1 aliphatic carbocycles. The summed E-state index contributed by atoms with van der Waals surface area (Å²) < 4.78 is 8.82. The fourth-order valence-electron chi connectivity index (χ4n) is 6.06. The molecule has 0 N–H and O–H groups in total. The molecule has 2 heterocycles. The van der Waals surface area contributed by atoms with E-state index in [1.165, 1.54) is 53.6 Å². The number of hydrogen-bond acceptors (Lipinski definition) is 4. The Bertz CT molecular complexity index is 2050. The highest BCUT2D eigenvalue weighted by Gasteiger charge is 2.35. The van der Waals surface area contributed by atoms with E-state index in [0.29, 0.717) is 11.8 Å². The maximum absolute atomic E-state index is 6.20. The summed E-state index contributed by atoms with van der Waals surface area (Å²) in [6, 6.07) is 38.7. The van der Waals surface area contributed by atoms with E-state index in [-0.39, 0.29) is 5.41 Å². The minimum atomic E-state index is -0.0715. The van der Waals surface area contributed by atoms with Crippen molar-refractivity contribution in [3.05, 3.63) is 120 Å². The van der Waals surface area contributed by atoms with Gasteiger partial charge in [-0.1, -0.05) is 92.7 Å². The zero-order valence-corrected chi connectivity index (χ0v) is 22.4. The molecule has 7 aromatic rings. The van der Waals surface area contributed by atoms with Crippen LogP contribution in [-0.4, -0.2) is 10.2 Å². The second-order valence-corrected chi connectivity index (χ2v) is 11.8. The summed E-state index contributed by atoms with van der Waals surface area (Å²) in [5.74, 6) is 1.07. The molecule has 1 aliphatic rings. The number of aromatic nitrogens is 2. The lowest BCUT2D eigenvalue weighted by molar-refractivity contribution is 0.584. The fourth-order valence-corrected chi connectivity index (χ4v) is 7.30. The number of fused-ring (bicyclic) bond motifs is 6. The smallest absolute Gasteiger partial charge is 0.248 e. The molecule has 0 aliphatic heterocycles. The van der Waals surface area contributed by atoms with Crippen molar-refractivity contribution in [2.24, 2.45) is 0 Å². The zero-order valence-electron chi connectivity index (χ0n) is 21.6. The standard InChI is InChI=1S/C35H24N2OS/c1-35(2)29-12-5-3-8-25(29)26-19-18-23(20-30(26)35)34-37-36-33(38-34)22-16-14-21(15-17-22)24-10-7-11-28-27-9-4-6-13-31(27)39-32(24)28/h3-20H,1-2H3. The number of benzene rings is 5. The molecule has 0 unspecified atom stereocenters. The Morgan fingerprint density at radius 2 is 1.21 bits per heavy atom. The van der Waals surface area contributed by atoms with Gasteiger partial charge < -0.3 is 4.42 Å². The predicted molar refractivity (Wildman–Crippen MR) is 161 cm³/mol. The van der Waals surface area contributed by atoms with Crippen LogP contribution in [0.1, 0.15) is 25.0 Å². The van der Waals surface area contributed by atoms with Crippen LogP contribution in [0.2, 0.25) is 0 Å². The molecule has 0 atom stereocenters. The van der Waals surface area contributed by atoms with Gasteiger partial charge in [0.2, 0.25) is 11.8 Å². The van der Waals surface area contributed by atoms with Gasteiger partial charge in [-0.15, -0.1) is 21.5 Å². The summed E-state index contributed by atoms with van der Waals surface area (Å²) in [7, 11) is 0. The van der Waals surface area contributed by atoms with Gasteiger partial charge in [-0.2, -0.15) is 0 Å². The Labute approximate surface area is 230 Å². The molecule has 8 rings (SSSR count). The zero-order chi connectivity index (χ0) is 26.1. The van der Waals surface area contributed by atoms with Gasteiger partial charge in [0.15, 0.2) is 0 Å². The third-order valence-electron chi connectivity index (χ3n) is 8.10. The van der Waals surface area contributed by atoms with Crippen LogP contribution in [0.4, 0.5) is 0 Å². The lowest BCUT2D eigenvalue weighted by atomic mass is 9.82. The van der Waals surface area contributed by atoms with Gasteiger partial charge in [-0.25, -0.2) is 0 Å². The Balaban J connectivity index is 1.13. The number of nitrogens with zero attached hydrogens (tertiary/aromatic N) is 2. The van der Waals surface area contributed by atoms with E-state index in [4.69, 9.17) is 4.42 Å². The van der Waals surface area contributed by atoms with Crippen LogP contribution in [0.15, 0.2) is 114 Å². The molecule has 186 valence electrons. The van der Waals surface area contributed by atoms with E-state index >= 15 is 0 Å². The monoisotopic (exact) mass is 520 g/mol. The fraction of sp³-hybridized carbons (Fsp3) is 0.0857. The molecule has 0 radical (unpaired) electrons. The van der Waals surface area contributed by atoms with Crippen LogP contribution in [0.25, 0.3) is 65.3 Å². The largest absolute Gasteiger partial charge is 0.416 e. The molecule has 0 saturated carbocycles. The quantitative estimate of drug-likeness (QED) is 0.233. The highest BCUT2D eigenvalue weighted by atomic mass is 32.1. The van der Waals surface area contributed by atoms with Crippen LogP contribution in [0.5, 0.6) is 0 Å². The van der Waals surface area contributed by atoms with Gasteiger partial charge >= 0.3 is 0 Å². The summed E-state index contributed by atoms with van der Waals surface area (Å²) in [5, 5.41) is 11.4. The molecule has 4 heteroatoms. The Morgan fingerprint density at radius 1 is 0.564 bits per heavy atom. The summed E-state index contributed by atoms with van der Waals surface area (Å²) >= 11 is 1.85. The van der Waals surface area contributed by atoms with Crippen molar-refractivity contribution in [2.45, 2.75) is 19.3 Å². The van der Waals surface area contributed by atoms with Gasteiger partial charge in [-0.05, 0) is 63.7 Å². The van der Waals surface area contributed by atoms with Crippen LogP contribution in [0.3, 0.4) is 0 Å². The molecule has 3 nitrogen and oxygen atoms in total. The normalized spacial score (nSPS) is 13.6. The summed E-state index contributed by atoms with van der Waals surface area (Å²) in [6.45, 7) is 4.56. The molecule has 0 saturated heterocycles. The first-order valence-corrected chi connectivity index (χ1v) is 14.0. The molecule has 2 aromatic heterocycles. The van der Waals surface area contributed by atoms with E-state index in [2.05, 4.69) is 133 Å². The summed E-state index contributed by atoms with van der Waals surface area (Å²) in [4.78, 5) is 0. The van der Waals surface area contributed by atoms with Gasteiger partial charge in [0.1, 0.15) is 0 Å². The van der Waals surface area contributed by atoms with Gasteiger partial charge in [0.05, 0.1) is 0 Å². The van der Waals surface area contributed by atoms with Crippen molar-refractivity contribution in [3.8, 4) is 45.2 Å². The highest BCUT2D eigenvalue weighted by Crippen LogP contribution is 2.49. The SMILES string of the molecule is CC1(C)c2ccccc2-c2ccc(-c3nnc(-c4ccc(-c5cccc6c5sc5ccccc56)cc4)o3)cc21. The average Bonchev–Trinajstić information content (AvgIpc) is 3.67. The summed E-state index contributed by atoms with van der Waals surface area (Å²) in [6.07, 6.45) is 0. The van der Waals surface area contributed by atoms with Crippen molar-refractivity contribution in [2.75, 3.05) is 0 Å². The molecular formula is C35H24N2OS. The van der Waals surface area contributed by atoms with Gasteiger partial charge in [-0.3, -0.25) is 0 Å². The lowest BCUT2D eigenvalue weighted by Crippen LogP contribution is -2.14. The topological polar surface area (TPSA) is 38.9 Å². The first-order valence-electron chi connectivity index (χ1n) is 13.2. The Morgan fingerprint density at radius 3 is 2.08 bits per heavy atom. The molecule has 0 amide bonds. The van der Waals surface area contributed by atoms with Crippen molar-refractivity contribution < 1.29 is 4.42 Å². The van der Waals surface area contributed by atoms with Gasteiger partial charge in [0.25, 0.3) is 0 Å². The first kappa shape index (κ1) is 22.4. The third kappa shape index (κ3) is 3.35. The number of thiophene rings is 1. The molecule has 0 spiro atoms. The van der Waals surface area contributed by atoms with Crippen LogP contribution in [-0.2, 0) is 5.41 Å². The molecule has 0 fully saturated rings. The first-order chi connectivity index (χ1) is 19.1. The third-order valence-corrected chi connectivity index (χ3v) is 9.32. The van der Waals surface area contributed by atoms with Crippen molar-refractivity contribution in [3.63, 3.8) is 0 Å². The number of rotatable bonds is 3. The lowest BCUT2D eigenvalue weighted by Gasteiger charge is -2.21. The average molecular weight is 521 g/mol. The molecule has 5 aromatic carbocycles. The highest BCUT2D eigenvalue weighted by molar-refractivity contribution is 7.26. The van der Waals surface area contributed by atoms with Gasteiger partial charge in [0, 0.05) is 36.7 Å². The maximum Gasteiger partial charge on any atom is 0.248 e. The van der Waals surface area contributed by atoms with Crippen molar-refractivity contribution in [1.82, 2.24) is 10.2 Å². The van der Waals surface area contributed by atoms with E-state index < -0.39 is 0 Å². The molecule has 0 bridgehead atoms. The van der Waals surface area contributed by atoms with E-state index in [1.807, 2.05) is 11.3 Å². The maximum atomic E-state index is 6.20. The van der Waals surface area contributed by atoms with E-state index in [9.17, 15) is 0 Å². The predicted octanol–water partition coefficient (Wildman–Crippen LogP) is 9.74. The van der Waals surface area contributed by atoms with Crippen molar-refractivity contribution >= 4 is 31.5 Å². The Hall–Kier alpha value is -4.54. The minimum Gasteiger partial charge on any atom is -0.416 e. The molecule has 39 heavy (non-hydrogen) atoms. The van der Waals surface area contributed by atoms with E-state index in [0.717, 1.165) is 11.1 Å². The van der Waals surface area contributed by atoms with Crippen LogP contribution in [0, 0.1) is 0 Å². The van der Waals surface area contributed by atoms with E-state index in [1.54, 1.807) is 0 Å². The second-order valence-electron chi connectivity index (χ2n) is 10.7. The van der Waals surface area contributed by atoms with Crippen molar-refractivity contribution in [1.29, 1.82) is 0 Å². The second kappa shape index (κ2) is 8.23. The summed E-state index contributed by atoms with van der Waals surface area (Å²) in [5.41, 5.74) is 9.44. The molecular weight excluding hydrogens is 496 g/mol. The van der Waals surface area contributed by atoms with Crippen LogP contribution >= 0.6 is 11.3 Å². The Kier molecular flexibility index (Phi) is 4.73.